The van der Waals surface area contributed by atoms with E-state index in [0.717, 1.165) is 19.6 Å². The molecule has 0 spiro atoms. The number of rotatable bonds is 5. The molecule has 1 aromatic heterocycles. The van der Waals surface area contributed by atoms with E-state index in [-0.39, 0.29) is 0 Å². The van der Waals surface area contributed by atoms with Gasteiger partial charge in [-0.2, -0.15) is 0 Å². The lowest BCUT2D eigenvalue weighted by Crippen LogP contribution is -2.37. The summed E-state index contributed by atoms with van der Waals surface area (Å²) in [7, 11) is 0. The second-order valence-corrected chi connectivity index (χ2v) is 6.02. The summed E-state index contributed by atoms with van der Waals surface area (Å²) >= 11 is 0. The van der Waals surface area contributed by atoms with Gasteiger partial charge in [-0.1, -0.05) is 0 Å². The van der Waals surface area contributed by atoms with Crippen LogP contribution in [0.3, 0.4) is 0 Å². The average molecular weight is 273 g/mol. The Kier molecular flexibility index (Phi) is 4.31. The fourth-order valence-electron chi connectivity index (χ4n) is 2.95. The van der Waals surface area contributed by atoms with Gasteiger partial charge in [-0.05, 0) is 62.4 Å². The molecule has 1 unspecified atom stereocenters. The SMILES string of the molecule is O=C(CC1CCCNC1)N(Cc1ccncc1)C1CC1. The highest BCUT2D eigenvalue weighted by Crippen LogP contribution is 2.30. The van der Waals surface area contributed by atoms with Crippen LogP contribution in [-0.4, -0.2) is 34.9 Å². The first-order chi connectivity index (χ1) is 9.83. The first-order valence-corrected chi connectivity index (χ1v) is 7.72. The molecule has 2 aliphatic rings. The zero-order chi connectivity index (χ0) is 13.8. The topological polar surface area (TPSA) is 45.2 Å². The summed E-state index contributed by atoms with van der Waals surface area (Å²) in [6.07, 6.45) is 9.03. The third-order valence-electron chi connectivity index (χ3n) is 4.27. The molecule has 108 valence electrons. The van der Waals surface area contributed by atoms with Gasteiger partial charge in [0.15, 0.2) is 0 Å². The Morgan fingerprint density at radius 1 is 1.30 bits per heavy atom. The minimum atomic E-state index is 0.331. The van der Waals surface area contributed by atoms with Gasteiger partial charge in [-0.15, -0.1) is 0 Å². The summed E-state index contributed by atoms with van der Waals surface area (Å²) in [6, 6.07) is 4.49. The van der Waals surface area contributed by atoms with Gasteiger partial charge in [0.2, 0.25) is 5.91 Å². The number of aromatic nitrogens is 1. The average Bonchev–Trinajstić information content (AvgIpc) is 3.31. The normalized spacial score (nSPS) is 22.5. The molecule has 2 fully saturated rings. The Morgan fingerprint density at radius 2 is 2.10 bits per heavy atom. The predicted molar refractivity (Wildman–Crippen MR) is 78.0 cm³/mol. The molecule has 1 aromatic rings. The maximum atomic E-state index is 12.6. The first kappa shape index (κ1) is 13.6. The number of nitrogens with one attached hydrogen (secondary N) is 1. The lowest BCUT2D eigenvalue weighted by atomic mass is 9.95. The summed E-state index contributed by atoms with van der Waals surface area (Å²) < 4.78 is 0. The minimum Gasteiger partial charge on any atom is -0.335 e. The monoisotopic (exact) mass is 273 g/mol. The van der Waals surface area contributed by atoms with E-state index in [1.54, 1.807) is 12.4 Å². The van der Waals surface area contributed by atoms with Crippen molar-refractivity contribution < 1.29 is 4.79 Å². The number of carbonyl (C=O) groups is 1. The van der Waals surface area contributed by atoms with Crippen molar-refractivity contribution in [2.75, 3.05) is 13.1 Å². The van der Waals surface area contributed by atoms with Crippen molar-refractivity contribution >= 4 is 5.91 Å². The number of hydrogen-bond acceptors (Lipinski definition) is 3. The Bertz CT molecular complexity index is 438. The summed E-state index contributed by atoms with van der Waals surface area (Å²) in [5.41, 5.74) is 1.18. The molecule has 1 N–H and O–H groups in total. The first-order valence-electron chi connectivity index (χ1n) is 7.72. The number of hydrogen-bond donors (Lipinski definition) is 1. The molecule has 1 amide bonds. The third-order valence-corrected chi connectivity index (χ3v) is 4.27. The van der Waals surface area contributed by atoms with Crippen LogP contribution in [0.2, 0.25) is 0 Å². The number of carbonyl (C=O) groups excluding carboxylic acids is 1. The fourth-order valence-corrected chi connectivity index (χ4v) is 2.95. The Morgan fingerprint density at radius 3 is 2.75 bits per heavy atom. The van der Waals surface area contributed by atoms with Crippen LogP contribution in [-0.2, 0) is 11.3 Å². The molecule has 0 radical (unpaired) electrons. The highest BCUT2D eigenvalue weighted by Gasteiger charge is 2.33. The Hall–Kier alpha value is -1.42. The zero-order valence-corrected chi connectivity index (χ0v) is 11.9. The van der Waals surface area contributed by atoms with E-state index in [0.29, 0.717) is 24.3 Å². The van der Waals surface area contributed by atoms with Crippen molar-refractivity contribution in [2.24, 2.45) is 5.92 Å². The number of nitrogens with zero attached hydrogens (tertiary/aromatic N) is 2. The molecule has 0 aromatic carbocycles. The van der Waals surface area contributed by atoms with Crippen LogP contribution in [0.1, 0.15) is 37.7 Å². The van der Waals surface area contributed by atoms with Crippen molar-refractivity contribution in [3.8, 4) is 0 Å². The van der Waals surface area contributed by atoms with Crippen LogP contribution in [0.15, 0.2) is 24.5 Å². The highest BCUT2D eigenvalue weighted by molar-refractivity contribution is 5.77. The summed E-state index contributed by atoms with van der Waals surface area (Å²) in [4.78, 5) is 18.7. The van der Waals surface area contributed by atoms with E-state index in [4.69, 9.17) is 0 Å². The molecule has 3 rings (SSSR count). The van der Waals surface area contributed by atoms with E-state index in [2.05, 4.69) is 15.2 Å². The molecule has 1 aliphatic heterocycles. The molecular weight excluding hydrogens is 250 g/mol. The molecule has 4 nitrogen and oxygen atoms in total. The molecule has 1 saturated carbocycles. The molecule has 1 atom stereocenters. The smallest absolute Gasteiger partial charge is 0.223 e. The van der Waals surface area contributed by atoms with Gasteiger partial charge >= 0.3 is 0 Å². The van der Waals surface area contributed by atoms with Crippen molar-refractivity contribution in [3.05, 3.63) is 30.1 Å². The maximum Gasteiger partial charge on any atom is 0.223 e. The van der Waals surface area contributed by atoms with Crippen molar-refractivity contribution in [1.82, 2.24) is 15.2 Å². The van der Waals surface area contributed by atoms with Gasteiger partial charge < -0.3 is 10.2 Å². The van der Waals surface area contributed by atoms with Crippen LogP contribution >= 0.6 is 0 Å². The second kappa shape index (κ2) is 6.35. The highest BCUT2D eigenvalue weighted by atomic mass is 16.2. The predicted octanol–water partition coefficient (Wildman–Crippen LogP) is 1.96. The lowest BCUT2D eigenvalue weighted by Gasteiger charge is -2.27. The van der Waals surface area contributed by atoms with Crippen molar-refractivity contribution in [1.29, 1.82) is 0 Å². The van der Waals surface area contributed by atoms with Gasteiger partial charge in [0.1, 0.15) is 0 Å². The van der Waals surface area contributed by atoms with Crippen molar-refractivity contribution in [3.63, 3.8) is 0 Å². The van der Waals surface area contributed by atoms with Crippen molar-refractivity contribution in [2.45, 2.75) is 44.7 Å². The van der Waals surface area contributed by atoms with Crippen LogP contribution in [0.25, 0.3) is 0 Å². The molecule has 4 heteroatoms. The van der Waals surface area contributed by atoms with Gasteiger partial charge in [0.25, 0.3) is 0 Å². The summed E-state index contributed by atoms with van der Waals surface area (Å²) in [5.74, 6) is 0.855. The largest absolute Gasteiger partial charge is 0.335 e. The second-order valence-electron chi connectivity index (χ2n) is 6.02. The third kappa shape index (κ3) is 3.57. The number of pyridine rings is 1. The minimum absolute atomic E-state index is 0.331. The number of amides is 1. The number of piperidine rings is 1. The van der Waals surface area contributed by atoms with Gasteiger partial charge in [0, 0.05) is 31.4 Å². The fraction of sp³-hybridized carbons (Fsp3) is 0.625. The maximum absolute atomic E-state index is 12.6. The Labute approximate surface area is 120 Å². The van der Waals surface area contributed by atoms with Gasteiger partial charge in [0.05, 0.1) is 0 Å². The van der Waals surface area contributed by atoms with E-state index in [1.165, 1.54) is 31.2 Å². The van der Waals surface area contributed by atoms with Crippen LogP contribution < -0.4 is 5.32 Å². The molecule has 1 aliphatic carbocycles. The van der Waals surface area contributed by atoms with Crippen LogP contribution in [0.4, 0.5) is 0 Å². The molecule has 0 bridgehead atoms. The zero-order valence-electron chi connectivity index (χ0n) is 11.9. The molecule has 20 heavy (non-hydrogen) atoms. The van der Waals surface area contributed by atoms with Crippen LogP contribution in [0.5, 0.6) is 0 Å². The summed E-state index contributed by atoms with van der Waals surface area (Å²) in [6.45, 7) is 2.85. The van der Waals surface area contributed by atoms with Gasteiger partial charge in [-0.3, -0.25) is 9.78 Å². The quantitative estimate of drug-likeness (QED) is 0.892. The van der Waals surface area contributed by atoms with Gasteiger partial charge in [-0.25, -0.2) is 0 Å². The molecular formula is C16H23N3O. The van der Waals surface area contributed by atoms with Crippen LogP contribution in [0, 0.1) is 5.92 Å². The lowest BCUT2D eigenvalue weighted by molar-refractivity contribution is -0.133. The molecule has 1 saturated heterocycles. The molecule has 2 heterocycles. The van der Waals surface area contributed by atoms with E-state index >= 15 is 0 Å². The van der Waals surface area contributed by atoms with E-state index < -0.39 is 0 Å². The standard InChI is InChI=1S/C16H23N3O/c20-16(10-14-2-1-7-18-11-14)19(15-3-4-15)12-13-5-8-17-9-6-13/h5-6,8-9,14-15,18H,1-4,7,10-12H2. The van der Waals surface area contributed by atoms with E-state index in [9.17, 15) is 4.79 Å². The Balaban J connectivity index is 1.59. The summed E-state index contributed by atoms with van der Waals surface area (Å²) in [5, 5.41) is 3.39. The van der Waals surface area contributed by atoms with E-state index in [1.807, 2.05) is 12.1 Å².